The van der Waals surface area contributed by atoms with E-state index in [1.165, 1.54) is 16.7 Å². The third-order valence-electron chi connectivity index (χ3n) is 9.68. The largest absolute Gasteiger partial charge is 0.456 e. The van der Waals surface area contributed by atoms with Crippen molar-refractivity contribution in [2.75, 3.05) is 4.90 Å². The van der Waals surface area contributed by atoms with Gasteiger partial charge >= 0.3 is 0 Å². The number of fused-ring (bicyclic) bond motifs is 8. The molecule has 0 saturated heterocycles. The van der Waals surface area contributed by atoms with Crippen LogP contribution in [0.1, 0.15) is 0 Å². The molecule has 230 valence electrons. The Morgan fingerprint density at radius 1 is 0.367 bits per heavy atom. The summed E-state index contributed by atoms with van der Waals surface area (Å²) in [5, 5.41) is 6.63. The maximum atomic E-state index is 6.63. The van der Waals surface area contributed by atoms with Gasteiger partial charge in [0.2, 0.25) is 0 Å². The highest BCUT2D eigenvalue weighted by molar-refractivity contribution is 6.19. The number of hydrogen-bond donors (Lipinski definition) is 0. The first-order valence-electron chi connectivity index (χ1n) is 16.6. The van der Waals surface area contributed by atoms with Crippen molar-refractivity contribution in [1.82, 2.24) is 0 Å². The minimum atomic E-state index is 0.853. The van der Waals surface area contributed by atoms with Crippen molar-refractivity contribution in [2.45, 2.75) is 0 Å². The predicted octanol–water partition coefficient (Wildman–Crippen LogP) is 13.4. The Bertz CT molecular complexity index is 2830. The normalized spacial score (nSPS) is 11.7. The highest BCUT2D eigenvalue weighted by Gasteiger charge is 2.21. The van der Waals surface area contributed by atoms with Crippen LogP contribution >= 0.6 is 0 Å². The molecular weight excluding hydrogens is 599 g/mol. The molecule has 3 nitrogen and oxygen atoms in total. The zero-order chi connectivity index (χ0) is 32.3. The average Bonchev–Trinajstić information content (AvgIpc) is 3.74. The average molecular weight is 628 g/mol. The molecular formula is C46H29NO2. The first-order chi connectivity index (χ1) is 24.3. The lowest BCUT2D eigenvalue weighted by Crippen LogP contribution is -2.10. The Morgan fingerprint density at radius 3 is 1.73 bits per heavy atom. The molecule has 0 fully saturated rings. The lowest BCUT2D eigenvalue weighted by atomic mass is 9.94. The van der Waals surface area contributed by atoms with E-state index in [0.717, 1.165) is 77.3 Å². The van der Waals surface area contributed by atoms with E-state index in [4.69, 9.17) is 8.83 Å². The number of hydrogen-bond acceptors (Lipinski definition) is 3. The van der Waals surface area contributed by atoms with E-state index in [1.807, 2.05) is 24.3 Å². The number of nitrogens with zero attached hydrogens (tertiary/aromatic N) is 1. The van der Waals surface area contributed by atoms with Crippen LogP contribution in [0.4, 0.5) is 17.1 Å². The maximum absolute atomic E-state index is 6.63. The molecule has 2 heterocycles. The Kier molecular flexibility index (Phi) is 6.18. The quantitative estimate of drug-likeness (QED) is 0.190. The second kappa shape index (κ2) is 11.0. The van der Waals surface area contributed by atoms with Crippen molar-refractivity contribution in [3.63, 3.8) is 0 Å². The van der Waals surface area contributed by atoms with E-state index in [1.54, 1.807) is 0 Å². The summed E-state index contributed by atoms with van der Waals surface area (Å²) < 4.78 is 13.0. The van der Waals surface area contributed by atoms with Crippen molar-refractivity contribution in [3.8, 4) is 22.3 Å². The standard InChI is InChI=1S/C46H29NO2/c1-2-11-30(12-3-1)35-14-4-5-15-36(35)31-21-24-33(25-22-31)47(34-26-28-39-37-16-6-8-19-42(37)48-44(39)29-34)41-18-10-13-32-23-27-40-38-17-7-9-20-43(38)49-46(40)45(32)41/h1-29H. The fourth-order valence-corrected chi connectivity index (χ4v) is 7.40. The molecule has 8 aromatic carbocycles. The summed E-state index contributed by atoms with van der Waals surface area (Å²) in [6.45, 7) is 0. The minimum Gasteiger partial charge on any atom is -0.456 e. The van der Waals surface area contributed by atoms with Gasteiger partial charge in [0.1, 0.15) is 22.3 Å². The smallest absolute Gasteiger partial charge is 0.145 e. The molecule has 0 radical (unpaired) electrons. The first-order valence-corrected chi connectivity index (χ1v) is 16.6. The Hall–Kier alpha value is -6.58. The molecule has 0 N–H and O–H groups in total. The van der Waals surface area contributed by atoms with Gasteiger partial charge in [-0.15, -0.1) is 0 Å². The van der Waals surface area contributed by atoms with Crippen molar-refractivity contribution in [2.24, 2.45) is 0 Å². The summed E-state index contributed by atoms with van der Waals surface area (Å²) in [5.74, 6) is 0. The highest BCUT2D eigenvalue weighted by atomic mass is 16.3. The Morgan fingerprint density at radius 2 is 0.959 bits per heavy atom. The van der Waals surface area contributed by atoms with Crippen LogP contribution in [-0.4, -0.2) is 0 Å². The van der Waals surface area contributed by atoms with Crippen LogP contribution in [-0.2, 0) is 0 Å². The Balaban J connectivity index is 1.20. The molecule has 0 spiro atoms. The van der Waals surface area contributed by atoms with E-state index in [9.17, 15) is 0 Å². The number of para-hydroxylation sites is 2. The van der Waals surface area contributed by atoms with Gasteiger partial charge in [-0.1, -0.05) is 121 Å². The van der Waals surface area contributed by atoms with Crippen molar-refractivity contribution >= 4 is 71.7 Å². The van der Waals surface area contributed by atoms with E-state index >= 15 is 0 Å². The second-order valence-electron chi connectivity index (χ2n) is 12.5. The fraction of sp³-hybridized carbons (Fsp3) is 0. The van der Waals surface area contributed by atoms with Gasteiger partial charge in [-0.25, -0.2) is 0 Å². The molecule has 2 aromatic heterocycles. The van der Waals surface area contributed by atoms with Crippen LogP contribution in [0.3, 0.4) is 0 Å². The van der Waals surface area contributed by atoms with E-state index in [-0.39, 0.29) is 0 Å². The van der Waals surface area contributed by atoms with Gasteiger partial charge in [-0.05, 0) is 76.2 Å². The van der Waals surface area contributed by atoms with Gasteiger partial charge in [-0.2, -0.15) is 0 Å². The number of anilines is 3. The van der Waals surface area contributed by atoms with E-state index < -0.39 is 0 Å². The number of furan rings is 2. The molecule has 0 aliphatic rings. The highest BCUT2D eigenvalue weighted by Crippen LogP contribution is 2.45. The van der Waals surface area contributed by atoms with Crippen LogP contribution in [0.15, 0.2) is 185 Å². The maximum Gasteiger partial charge on any atom is 0.145 e. The molecule has 0 aliphatic heterocycles. The molecule has 0 atom stereocenters. The third kappa shape index (κ3) is 4.44. The van der Waals surface area contributed by atoms with Gasteiger partial charge in [-0.3, -0.25) is 0 Å². The molecule has 0 saturated carbocycles. The van der Waals surface area contributed by atoms with Gasteiger partial charge < -0.3 is 13.7 Å². The lowest BCUT2D eigenvalue weighted by Gasteiger charge is -2.27. The molecule has 3 heteroatoms. The van der Waals surface area contributed by atoms with E-state index in [0.29, 0.717) is 0 Å². The van der Waals surface area contributed by atoms with Gasteiger partial charge in [0, 0.05) is 44.4 Å². The number of rotatable bonds is 5. The topological polar surface area (TPSA) is 29.5 Å². The van der Waals surface area contributed by atoms with Gasteiger partial charge in [0.05, 0.1) is 5.69 Å². The molecule has 0 bridgehead atoms. The van der Waals surface area contributed by atoms with Crippen molar-refractivity contribution < 1.29 is 8.83 Å². The summed E-state index contributed by atoms with van der Waals surface area (Å²) in [4.78, 5) is 2.33. The van der Waals surface area contributed by atoms with Crippen LogP contribution in [0.5, 0.6) is 0 Å². The molecule has 49 heavy (non-hydrogen) atoms. The predicted molar refractivity (Wildman–Crippen MR) is 204 cm³/mol. The van der Waals surface area contributed by atoms with Crippen molar-refractivity contribution in [3.05, 3.63) is 176 Å². The van der Waals surface area contributed by atoms with Crippen LogP contribution in [0, 0.1) is 0 Å². The summed E-state index contributed by atoms with van der Waals surface area (Å²) in [5.41, 5.74) is 11.4. The monoisotopic (exact) mass is 627 g/mol. The van der Waals surface area contributed by atoms with Gasteiger partial charge in [0.25, 0.3) is 0 Å². The van der Waals surface area contributed by atoms with Crippen LogP contribution in [0.2, 0.25) is 0 Å². The second-order valence-corrected chi connectivity index (χ2v) is 12.5. The first kappa shape index (κ1) is 27.5. The zero-order valence-corrected chi connectivity index (χ0v) is 26.5. The zero-order valence-electron chi connectivity index (χ0n) is 26.5. The summed E-state index contributed by atoms with van der Waals surface area (Å²) >= 11 is 0. The van der Waals surface area contributed by atoms with Gasteiger partial charge in [0.15, 0.2) is 0 Å². The van der Waals surface area contributed by atoms with Crippen LogP contribution < -0.4 is 4.90 Å². The molecule has 0 unspecified atom stereocenters. The lowest BCUT2D eigenvalue weighted by molar-refractivity contribution is 0.669. The SMILES string of the molecule is c1ccc(-c2ccccc2-c2ccc(N(c3ccc4c(c3)oc3ccccc34)c3cccc4ccc5c6ccccc6oc5c34)cc2)cc1. The minimum absolute atomic E-state index is 0.853. The summed E-state index contributed by atoms with van der Waals surface area (Å²) in [7, 11) is 0. The summed E-state index contributed by atoms with van der Waals surface area (Å²) in [6, 6.07) is 62.0. The molecule has 0 aliphatic carbocycles. The van der Waals surface area contributed by atoms with E-state index in [2.05, 4.69) is 157 Å². The molecule has 0 amide bonds. The fourth-order valence-electron chi connectivity index (χ4n) is 7.40. The molecule has 10 aromatic rings. The van der Waals surface area contributed by atoms with Crippen molar-refractivity contribution in [1.29, 1.82) is 0 Å². The molecule has 10 rings (SSSR count). The Labute approximate surface area is 282 Å². The third-order valence-corrected chi connectivity index (χ3v) is 9.68. The van der Waals surface area contributed by atoms with Crippen LogP contribution in [0.25, 0.3) is 76.9 Å². The number of benzene rings is 8. The summed E-state index contributed by atoms with van der Waals surface area (Å²) in [6.07, 6.45) is 0.